The van der Waals surface area contributed by atoms with Gasteiger partial charge in [0.1, 0.15) is 6.04 Å². The van der Waals surface area contributed by atoms with Crippen molar-refractivity contribution in [1.82, 2.24) is 20.9 Å². The fraction of sp³-hybridized carbons (Fsp3) is 0.529. The van der Waals surface area contributed by atoms with Crippen LogP contribution in [0.3, 0.4) is 0 Å². The highest BCUT2D eigenvalue weighted by atomic mass is 35.5. The first kappa shape index (κ1) is 24.6. The zero-order valence-corrected chi connectivity index (χ0v) is 16.8. The van der Waals surface area contributed by atoms with Gasteiger partial charge in [-0.05, 0) is 31.8 Å². The standard InChI is InChI=1S/C17H26N4O3.2ClH/c1-21(2)8-6-19-16(22)14-5-3-4-13(10-14)11-20-17(23)15-12-24-9-7-18-15;;/h3-5,10,15,18H,6-9,11-12H2,1-2H3,(H,19,22)(H,20,23);2*1H. The summed E-state index contributed by atoms with van der Waals surface area (Å²) in [6.07, 6.45) is 0. The Morgan fingerprint density at radius 1 is 1.27 bits per heavy atom. The van der Waals surface area contributed by atoms with E-state index in [9.17, 15) is 9.59 Å². The quantitative estimate of drug-likeness (QED) is 0.611. The van der Waals surface area contributed by atoms with Gasteiger partial charge in [0.05, 0.1) is 13.2 Å². The van der Waals surface area contributed by atoms with Gasteiger partial charge >= 0.3 is 0 Å². The van der Waals surface area contributed by atoms with E-state index < -0.39 is 0 Å². The van der Waals surface area contributed by atoms with Crippen LogP contribution >= 0.6 is 24.8 Å². The SMILES string of the molecule is CN(C)CCNC(=O)c1cccc(CNC(=O)C2COCCN2)c1.Cl.Cl. The number of amides is 2. The molecular weight excluding hydrogens is 379 g/mol. The predicted octanol–water partition coefficient (Wildman–Crippen LogP) is 0.426. The molecule has 1 aromatic rings. The van der Waals surface area contributed by atoms with Crippen molar-refractivity contribution in [2.45, 2.75) is 12.6 Å². The van der Waals surface area contributed by atoms with Crippen LogP contribution in [-0.4, -0.2) is 69.7 Å². The first-order valence-electron chi connectivity index (χ1n) is 8.17. The van der Waals surface area contributed by atoms with Crippen molar-refractivity contribution in [3.63, 3.8) is 0 Å². The van der Waals surface area contributed by atoms with Gasteiger partial charge in [-0.1, -0.05) is 12.1 Å². The third-order valence-corrected chi connectivity index (χ3v) is 3.74. The number of rotatable bonds is 7. The summed E-state index contributed by atoms with van der Waals surface area (Å²) < 4.78 is 5.28. The second-order valence-electron chi connectivity index (χ2n) is 6.06. The number of hydrogen-bond acceptors (Lipinski definition) is 5. The summed E-state index contributed by atoms with van der Waals surface area (Å²) in [5, 5.41) is 8.86. The second-order valence-corrected chi connectivity index (χ2v) is 6.06. The summed E-state index contributed by atoms with van der Waals surface area (Å²) in [5.41, 5.74) is 1.49. The molecule has 9 heteroatoms. The molecule has 1 aliphatic rings. The maximum Gasteiger partial charge on any atom is 0.251 e. The Hall–Kier alpha value is -1.38. The Kier molecular flexibility index (Phi) is 12.2. The van der Waals surface area contributed by atoms with Crippen molar-refractivity contribution in [2.75, 3.05) is 46.9 Å². The van der Waals surface area contributed by atoms with Crippen LogP contribution in [0, 0.1) is 0 Å². The van der Waals surface area contributed by atoms with E-state index in [1.165, 1.54) is 0 Å². The van der Waals surface area contributed by atoms with Crippen LogP contribution in [0.1, 0.15) is 15.9 Å². The van der Waals surface area contributed by atoms with Crippen LogP contribution in [0.15, 0.2) is 24.3 Å². The van der Waals surface area contributed by atoms with Crippen LogP contribution in [0.5, 0.6) is 0 Å². The highest BCUT2D eigenvalue weighted by Gasteiger charge is 2.20. The molecule has 0 aromatic heterocycles. The van der Waals surface area contributed by atoms with E-state index in [0.717, 1.165) is 12.1 Å². The van der Waals surface area contributed by atoms with Gasteiger partial charge in [0.25, 0.3) is 5.91 Å². The van der Waals surface area contributed by atoms with Crippen LogP contribution in [-0.2, 0) is 16.1 Å². The molecule has 1 fully saturated rings. The Bertz CT molecular complexity index is 567. The maximum absolute atomic E-state index is 12.1. The van der Waals surface area contributed by atoms with Crippen molar-refractivity contribution in [3.8, 4) is 0 Å². The summed E-state index contributed by atoms with van der Waals surface area (Å²) in [7, 11) is 3.92. The molecule has 26 heavy (non-hydrogen) atoms. The van der Waals surface area contributed by atoms with Gasteiger partial charge < -0.3 is 25.6 Å². The normalized spacial score (nSPS) is 16.2. The molecule has 1 aliphatic heterocycles. The van der Waals surface area contributed by atoms with Crippen LogP contribution in [0.4, 0.5) is 0 Å². The molecule has 7 nitrogen and oxygen atoms in total. The molecule has 0 bridgehead atoms. The Morgan fingerprint density at radius 3 is 2.69 bits per heavy atom. The van der Waals surface area contributed by atoms with Gasteiger partial charge in [-0.25, -0.2) is 0 Å². The fourth-order valence-corrected chi connectivity index (χ4v) is 2.36. The van der Waals surface area contributed by atoms with Crippen molar-refractivity contribution in [3.05, 3.63) is 35.4 Å². The number of carbonyl (C=O) groups is 2. The molecule has 148 valence electrons. The van der Waals surface area contributed by atoms with Gasteiger partial charge in [0.2, 0.25) is 5.91 Å². The van der Waals surface area contributed by atoms with Crippen LogP contribution < -0.4 is 16.0 Å². The molecule has 1 unspecified atom stereocenters. The van der Waals surface area contributed by atoms with E-state index in [2.05, 4.69) is 16.0 Å². The minimum absolute atomic E-state index is 0. The van der Waals surface area contributed by atoms with Gasteiger partial charge in [-0.3, -0.25) is 9.59 Å². The molecule has 2 rings (SSSR count). The lowest BCUT2D eigenvalue weighted by Gasteiger charge is -2.22. The lowest BCUT2D eigenvalue weighted by Crippen LogP contribution is -2.51. The number of halogens is 2. The van der Waals surface area contributed by atoms with E-state index in [0.29, 0.717) is 38.4 Å². The van der Waals surface area contributed by atoms with Crippen molar-refractivity contribution in [2.24, 2.45) is 0 Å². The highest BCUT2D eigenvalue weighted by molar-refractivity contribution is 5.94. The minimum atomic E-state index is -0.309. The summed E-state index contributed by atoms with van der Waals surface area (Å²) in [5.74, 6) is -0.192. The largest absolute Gasteiger partial charge is 0.378 e. The summed E-state index contributed by atoms with van der Waals surface area (Å²) in [4.78, 5) is 26.2. The number of carbonyl (C=O) groups excluding carboxylic acids is 2. The third-order valence-electron chi connectivity index (χ3n) is 3.74. The number of ether oxygens (including phenoxy) is 1. The Morgan fingerprint density at radius 2 is 2.04 bits per heavy atom. The van der Waals surface area contributed by atoms with Gasteiger partial charge in [-0.15, -0.1) is 24.8 Å². The maximum atomic E-state index is 12.1. The lowest BCUT2D eigenvalue weighted by atomic mass is 10.1. The van der Waals surface area contributed by atoms with Gasteiger partial charge in [-0.2, -0.15) is 0 Å². The summed E-state index contributed by atoms with van der Waals surface area (Å²) in [6.45, 7) is 3.48. The van der Waals surface area contributed by atoms with Gasteiger partial charge in [0, 0.05) is 31.7 Å². The molecule has 1 atom stereocenters. The van der Waals surface area contributed by atoms with E-state index in [4.69, 9.17) is 4.74 Å². The number of morpholine rings is 1. The average molecular weight is 407 g/mol. The first-order chi connectivity index (χ1) is 11.6. The van der Waals surface area contributed by atoms with Crippen molar-refractivity contribution >= 4 is 36.6 Å². The van der Waals surface area contributed by atoms with E-state index in [1.54, 1.807) is 12.1 Å². The number of hydrogen-bond donors (Lipinski definition) is 3. The zero-order valence-electron chi connectivity index (χ0n) is 15.1. The predicted molar refractivity (Wildman–Crippen MR) is 106 cm³/mol. The topological polar surface area (TPSA) is 82.7 Å². The van der Waals surface area contributed by atoms with Crippen LogP contribution in [0.2, 0.25) is 0 Å². The average Bonchev–Trinajstić information content (AvgIpc) is 2.60. The van der Waals surface area contributed by atoms with Crippen molar-refractivity contribution in [1.29, 1.82) is 0 Å². The molecule has 1 saturated heterocycles. The summed E-state index contributed by atoms with van der Waals surface area (Å²) >= 11 is 0. The smallest absolute Gasteiger partial charge is 0.251 e. The van der Waals surface area contributed by atoms with Crippen molar-refractivity contribution < 1.29 is 14.3 Å². The molecular formula is C17H28Cl2N4O3. The van der Waals surface area contributed by atoms with Crippen LogP contribution in [0.25, 0.3) is 0 Å². The highest BCUT2D eigenvalue weighted by Crippen LogP contribution is 2.05. The van der Waals surface area contributed by atoms with Gasteiger partial charge in [0.15, 0.2) is 0 Å². The number of nitrogens with one attached hydrogen (secondary N) is 3. The molecule has 1 aromatic carbocycles. The monoisotopic (exact) mass is 406 g/mol. The van der Waals surface area contributed by atoms with E-state index >= 15 is 0 Å². The molecule has 0 aliphatic carbocycles. The second kappa shape index (κ2) is 12.9. The molecule has 3 N–H and O–H groups in total. The molecule has 1 heterocycles. The Labute approximate surface area is 167 Å². The lowest BCUT2D eigenvalue weighted by molar-refractivity contribution is -0.126. The fourth-order valence-electron chi connectivity index (χ4n) is 2.36. The zero-order chi connectivity index (χ0) is 17.4. The van der Waals surface area contributed by atoms with E-state index in [1.807, 2.05) is 31.1 Å². The third kappa shape index (κ3) is 8.33. The number of benzene rings is 1. The minimum Gasteiger partial charge on any atom is -0.378 e. The molecule has 0 spiro atoms. The number of likely N-dealkylation sites (N-methyl/N-ethyl adjacent to an activating group) is 1. The molecule has 0 saturated carbocycles. The first-order valence-corrected chi connectivity index (χ1v) is 8.17. The molecule has 2 amide bonds. The van der Waals surface area contributed by atoms with E-state index in [-0.39, 0.29) is 42.7 Å². The Balaban J connectivity index is 0.00000312. The summed E-state index contributed by atoms with van der Waals surface area (Å²) in [6, 6.07) is 6.98. The number of nitrogens with zero attached hydrogens (tertiary/aromatic N) is 1. The molecule has 0 radical (unpaired) electrons.